The molecule has 0 atom stereocenters. The predicted molar refractivity (Wildman–Crippen MR) is 161 cm³/mol. The lowest BCUT2D eigenvalue weighted by Gasteiger charge is -2.10. The minimum Gasteiger partial charge on any atom is -0.493 e. The Morgan fingerprint density at radius 1 is 0.725 bits per heavy atom. The van der Waals surface area contributed by atoms with Gasteiger partial charge in [-0.05, 0) is 76.9 Å². The van der Waals surface area contributed by atoms with Gasteiger partial charge in [-0.3, -0.25) is 9.59 Å². The fraction of sp³-hybridized carbons (Fsp3) is 0.357. The van der Waals surface area contributed by atoms with Crippen LogP contribution in [0.3, 0.4) is 0 Å². The van der Waals surface area contributed by atoms with Gasteiger partial charge in [-0.15, -0.1) is 20.5 Å². The number of unbranched alkanes of at least 4 members (excludes halogenated alkanes) is 1. The van der Waals surface area contributed by atoms with Gasteiger partial charge in [-0.25, -0.2) is 0 Å². The van der Waals surface area contributed by atoms with Crippen LogP contribution in [-0.2, 0) is 9.59 Å². The number of fused-ring (bicyclic) bond motifs is 2. The molecular weight excluding hydrogens is 644 g/mol. The summed E-state index contributed by atoms with van der Waals surface area (Å²) in [6.45, 7) is 7.78. The molecule has 0 radical (unpaired) electrons. The molecule has 210 valence electrons. The van der Waals surface area contributed by atoms with Crippen LogP contribution in [0, 0.1) is 0 Å². The number of aromatic hydroxyl groups is 2. The van der Waals surface area contributed by atoms with E-state index in [1.165, 1.54) is 0 Å². The van der Waals surface area contributed by atoms with E-state index >= 15 is 0 Å². The molecule has 0 unspecified atom stereocenters. The zero-order valence-electron chi connectivity index (χ0n) is 22.6. The van der Waals surface area contributed by atoms with Crippen molar-refractivity contribution in [2.45, 2.75) is 65.5 Å². The highest BCUT2D eigenvalue weighted by Gasteiger charge is 2.20. The van der Waals surface area contributed by atoms with Crippen molar-refractivity contribution in [3.63, 3.8) is 0 Å². The van der Waals surface area contributed by atoms with Crippen molar-refractivity contribution in [2.24, 2.45) is 20.5 Å². The van der Waals surface area contributed by atoms with Crippen LogP contribution in [0.5, 0.6) is 11.8 Å². The Morgan fingerprint density at radius 2 is 1.10 bits per heavy atom. The largest absolute Gasteiger partial charge is 0.493 e. The quantitative estimate of drug-likeness (QED) is 0.135. The van der Waals surface area contributed by atoms with Crippen LogP contribution >= 0.6 is 31.9 Å². The molecule has 4 aromatic rings. The van der Waals surface area contributed by atoms with Gasteiger partial charge < -0.3 is 19.3 Å². The highest BCUT2D eigenvalue weighted by molar-refractivity contribution is 9.10. The molecule has 0 spiro atoms. The standard InChI is InChI=1S/C28H30Br2N6O4/c1-15(2)35-21-11-9-17(29)13-19(21)25(27(35)39)33-31-23(37)7-5-6-8-24(38)32-34-26-20-14-18(30)10-12-22(20)36(16(3)4)28(26)40/h9-16,39-40H,5-8H2,1-4H3. The van der Waals surface area contributed by atoms with Gasteiger partial charge in [0.25, 0.3) is 11.8 Å². The molecule has 0 aliphatic carbocycles. The van der Waals surface area contributed by atoms with Crippen molar-refractivity contribution in [3.8, 4) is 11.8 Å². The number of benzene rings is 2. The first-order valence-corrected chi connectivity index (χ1v) is 14.5. The van der Waals surface area contributed by atoms with E-state index in [1.807, 2.05) is 64.1 Å². The number of hydrogen-bond acceptors (Lipinski definition) is 6. The zero-order chi connectivity index (χ0) is 29.1. The third kappa shape index (κ3) is 6.17. The fourth-order valence-corrected chi connectivity index (χ4v) is 5.34. The molecule has 40 heavy (non-hydrogen) atoms. The zero-order valence-corrected chi connectivity index (χ0v) is 25.8. The number of nitrogens with zero attached hydrogens (tertiary/aromatic N) is 6. The molecule has 0 aliphatic heterocycles. The van der Waals surface area contributed by atoms with Gasteiger partial charge in [0.05, 0.1) is 11.0 Å². The van der Waals surface area contributed by atoms with E-state index in [1.54, 1.807) is 9.13 Å². The molecule has 0 fully saturated rings. The summed E-state index contributed by atoms with van der Waals surface area (Å²) in [6, 6.07) is 11.1. The van der Waals surface area contributed by atoms with E-state index < -0.39 is 11.8 Å². The van der Waals surface area contributed by atoms with Crippen molar-refractivity contribution < 1.29 is 19.8 Å². The SMILES string of the molecule is CC(C)n1c(O)c(N=NC(=O)CCCCC(=O)N=Nc2c(O)n(C(C)C)c3ccc(Br)cc23)c2cc(Br)ccc21. The highest BCUT2D eigenvalue weighted by atomic mass is 79.9. The minimum absolute atomic E-state index is 0.0160. The minimum atomic E-state index is -0.453. The fourth-order valence-electron chi connectivity index (χ4n) is 4.62. The van der Waals surface area contributed by atoms with E-state index in [0.29, 0.717) is 23.6 Å². The lowest BCUT2D eigenvalue weighted by atomic mass is 10.2. The van der Waals surface area contributed by atoms with Crippen LogP contribution < -0.4 is 0 Å². The van der Waals surface area contributed by atoms with E-state index in [4.69, 9.17) is 0 Å². The van der Waals surface area contributed by atoms with E-state index in [0.717, 1.165) is 20.0 Å². The summed E-state index contributed by atoms with van der Waals surface area (Å²) >= 11 is 6.86. The topological polar surface area (TPSA) is 134 Å². The molecule has 2 heterocycles. The van der Waals surface area contributed by atoms with Crippen LogP contribution in [-0.4, -0.2) is 31.2 Å². The number of carbonyl (C=O) groups excluding carboxylic acids is 2. The average molecular weight is 674 g/mol. The van der Waals surface area contributed by atoms with Gasteiger partial charge in [-0.1, -0.05) is 31.9 Å². The first kappa shape index (κ1) is 29.6. The Kier molecular flexibility index (Phi) is 9.19. The summed E-state index contributed by atoms with van der Waals surface area (Å²) in [7, 11) is 0. The van der Waals surface area contributed by atoms with E-state index in [-0.39, 0.29) is 48.1 Å². The maximum Gasteiger partial charge on any atom is 0.264 e. The monoisotopic (exact) mass is 672 g/mol. The summed E-state index contributed by atoms with van der Waals surface area (Å²) in [5.74, 6) is -1.01. The summed E-state index contributed by atoms with van der Waals surface area (Å²) in [6.07, 6.45) is 1.01. The van der Waals surface area contributed by atoms with Crippen LogP contribution in [0.4, 0.5) is 11.4 Å². The van der Waals surface area contributed by atoms with Crippen molar-refractivity contribution in [1.82, 2.24) is 9.13 Å². The average Bonchev–Trinajstić information content (AvgIpc) is 3.32. The third-order valence-electron chi connectivity index (χ3n) is 6.41. The van der Waals surface area contributed by atoms with Gasteiger partial charge in [-0.2, -0.15) is 0 Å². The smallest absolute Gasteiger partial charge is 0.264 e. The first-order chi connectivity index (χ1) is 19.0. The van der Waals surface area contributed by atoms with Crippen LogP contribution in [0.1, 0.15) is 65.5 Å². The first-order valence-electron chi connectivity index (χ1n) is 12.9. The second-order valence-corrected chi connectivity index (χ2v) is 11.8. The molecule has 12 heteroatoms. The second kappa shape index (κ2) is 12.4. The Balaban J connectivity index is 1.36. The Bertz CT molecular complexity index is 1530. The van der Waals surface area contributed by atoms with Crippen LogP contribution in [0.25, 0.3) is 21.8 Å². The van der Waals surface area contributed by atoms with E-state index in [2.05, 4.69) is 52.3 Å². The molecule has 0 saturated carbocycles. The number of halogens is 2. The lowest BCUT2D eigenvalue weighted by Crippen LogP contribution is -1.99. The predicted octanol–water partition coefficient (Wildman–Crippen LogP) is 9.18. The Morgan fingerprint density at radius 3 is 1.45 bits per heavy atom. The summed E-state index contributed by atoms with van der Waals surface area (Å²) < 4.78 is 5.11. The Hall–Kier alpha value is -3.38. The van der Waals surface area contributed by atoms with Gasteiger partial charge >= 0.3 is 0 Å². The van der Waals surface area contributed by atoms with E-state index in [9.17, 15) is 19.8 Å². The lowest BCUT2D eigenvalue weighted by molar-refractivity contribution is -0.120. The highest BCUT2D eigenvalue weighted by Crippen LogP contribution is 2.43. The third-order valence-corrected chi connectivity index (χ3v) is 7.40. The normalized spacial score (nSPS) is 12.3. The molecule has 4 rings (SSSR count). The maximum absolute atomic E-state index is 12.4. The van der Waals surface area contributed by atoms with Gasteiger partial charge in [0.2, 0.25) is 11.8 Å². The molecule has 0 aliphatic rings. The van der Waals surface area contributed by atoms with Gasteiger partial charge in [0.15, 0.2) is 11.4 Å². The number of azo groups is 2. The van der Waals surface area contributed by atoms with Crippen LogP contribution in [0.2, 0.25) is 0 Å². The number of carbonyl (C=O) groups is 2. The number of aromatic nitrogens is 2. The maximum atomic E-state index is 12.4. The number of rotatable bonds is 9. The molecular formula is C28H30Br2N6O4. The Labute approximate surface area is 248 Å². The molecule has 10 nitrogen and oxygen atoms in total. The molecule has 2 aromatic heterocycles. The van der Waals surface area contributed by atoms with Crippen molar-refractivity contribution in [3.05, 3.63) is 45.3 Å². The summed E-state index contributed by atoms with van der Waals surface area (Å²) in [5, 5.41) is 38.5. The van der Waals surface area contributed by atoms with Crippen molar-refractivity contribution in [2.75, 3.05) is 0 Å². The second-order valence-electron chi connectivity index (χ2n) is 9.99. The molecule has 2 N–H and O–H groups in total. The van der Waals surface area contributed by atoms with Crippen molar-refractivity contribution >= 4 is 76.9 Å². The molecule has 2 aromatic carbocycles. The number of amides is 2. The molecule has 0 saturated heterocycles. The summed E-state index contributed by atoms with van der Waals surface area (Å²) in [5.41, 5.74) is 2.06. The molecule has 2 amide bonds. The van der Waals surface area contributed by atoms with Gasteiger partial charge in [0.1, 0.15) is 0 Å². The molecule has 0 bridgehead atoms. The van der Waals surface area contributed by atoms with Gasteiger partial charge in [0, 0.05) is 44.6 Å². The van der Waals surface area contributed by atoms with Crippen molar-refractivity contribution in [1.29, 1.82) is 0 Å². The number of hydrogen-bond donors (Lipinski definition) is 2. The summed E-state index contributed by atoms with van der Waals surface area (Å²) in [4.78, 5) is 24.7. The van der Waals surface area contributed by atoms with Crippen LogP contribution in [0.15, 0.2) is 65.8 Å².